The van der Waals surface area contributed by atoms with Crippen LogP contribution in [0.3, 0.4) is 0 Å². The molecule has 0 saturated carbocycles. The molecule has 2 heterocycles. The van der Waals surface area contributed by atoms with Gasteiger partial charge in [-0.15, -0.1) is 0 Å². The van der Waals surface area contributed by atoms with Crippen molar-refractivity contribution in [3.05, 3.63) is 60.4 Å². The first-order chi connectivity index (χ1) is 13.6. The number of nitrogens with zero attached hydrogens (tertiary/aromatic N) is 2. The van der Waals surface area contributed by atoms with Gasteiger partial charge < -0.3 is 15.5 Å². The zero-order valence-electron chi connectivity index (χ0n) is 16.3. The molecular formula is C22H28N4O2. The highest BCUT2D eigenvalue weighted by Crippen LogP contribution is 2.22. The molecule has 2 aromatic rings. The molecule has 1 aromatic carbocycles. The topological polar surface area (TPSA) is 74.3 Å². The Morgan fingerprint density at radius 1 is 1.11 bits per heavy atom. The number of pyridine rings is 1. The summed E-state index contributed by atoms with van der Waals surface area (Å²) in [7, 11) is 0. The van der Waals surface area contributed by atoms with E-state index in [1.165, 1.54) is 6.92 Å². The monoisotopic (exact) mass is 380 g/mol. The van der Waals surface area contributed by atoms with E-state index in [2.05, 4.69) is 20.5 Å². The molecule has 3 rings (SSSR count). The summed E-state index contributed by atoms with van der Waals surface area (Å²) in [6.45, 7) is 3.68. The van der Waals surface area contributed by atoms with Gasteiger partial charge >= 0.3 is 0 Å². The molecular weight excluding hydrogens is 352 g/mol. The van der Waals surface area contributed by atoms with Crippen LogP contribution in [0, 0.1) is 5.92 Å². The molecule has 1 atom stereocenters. The Kier molecular flexibility index (Phi) is 7.00. The molecule has 6 heteroatoms. The number of carbonyl (C=O) groups excluding carboxylic acids is 2. The summed E-state index contributed by atoms with van der Waals surface area (Å²) in [6, 6.07) is 13.9. The third kappa shape index (κ3) is 5.81. The van der Waals surface area contributed by atoms with Crippen molar-refractivity contribution >= 4 is 17.5 Å². The molecule has 1 fully saturated rings. The Labute approximate surface area is 166 Å². The Balaban J connectivity index is 1.48. The number of amides is 2. The normalized spacial score (nSPS) is 15.7. The zero-order chi connectivity index (χ0) is 19.8. The Morgan fingerprint density at radius 3 is 2.43 bits per heavy atom. The summed E-state index contributed by atoms with van der Waals surface area (Å²) in [5.41, 5.74) is 2.29. The second-order valence-electron chi connectivity index (χ2n) is 7.30. The molecule has 1 saturated heterocycles. The molecule has 6 nitrogen and oxygen atoms in total. The van der Waals surface area contributed by atoms with E-state index in [1.54, 1.807) is 12.4 Å². The van der Waals surface area contributed by atoms with Gasteiger partial charge in [0.05, 0.1) is 6.04 Å². The Morgan fingerprint density at radius 2 is 1.79 bits per heavy atom. The van der Waals surface area contributed by atoms with Crippen LogP contribution >= 0.6 is 0 Å². The van der Waals surface area contributed by atoms with E-state index >= 15 is 0 Å². The number of carbonyl (C=O) groups is 2. The number of nitrogens with one attached hydrogen (secondary N) is 2. The van der Waals surface area contributed by atoms with Crippen molar-refractivity contribution in [2.45, 2.75) is 32.2 Å². The lowest BCUT2D eigenvalue weighted by Gasteiger charge is -2.33. The van der Waals surface area contributed by atoms with Gasteiger partial charge in [0.1, 0.15) is 0 Å². The van der Waals surface area contributed by atoms with Gasteiger partial charge in [0, 0.05) is 50.6 Å². The van der Waals surface area contributed by atoms with Crippen molar-refractivity contribution in [1.29, 1.82) is 0 Å². The van der Waals surface area contributed by atoms with Gasteiger partial charge in [0.15, 0.2) is 0 Å². The van der Waals surface area contributed by atoms with Crippen molar-refractivity contribution in [1.82, 2.24) is 15.6 Å². The maximum atomic E-state index is 12.6. The highest BCUT2D eigenvalue weighted by atomic mass is 16.2. The quantitative estimate of drug-likeness (QED) is 0.772. The second kappa shape index (κ2) is 9.88. The molecule has 2 N–H and O–H groups in total. The average molecular weight is 380 g/mol. The third-order valence-corrected chi connectivity index (χ3v) is 5.15. The fourth-order valence-electron chi connectivity index (χ4n) is 3.68. The molecule has 2 amide bonds. The van der Waals surface area contributed by atoms with Crippen LogP contribution in [0.2, 0.25) is 0 Å². The molecule has 1 aliphatic heterocycles. The smallest absolute Gasteiger partial charge is 0.223 e. The van der Waals surface area contributed by atoms with Gasteiger partial charge in [-0.2, -0.15) is 0 Å². The summed E-state index contributed by atoms with van der Waals surface area (Å²) in [6.07, 6.45) is 5.95. The summed E-state index contributed by atoms with van der Waals surface area (Å²) in [5, 5.41) is 6.00. The summed E-state index contributed by atoms with van der Waals surface area (Å²) < 4.78 is 0. The average Bonchev–Trinajstić information content (AvgIpc) is 2.73. The van der Waals surface area contributed by atoms with Crippen LogP contribution in [0.15, 0.2) is 54.9 Å². The van der Waals surface area contributed by atoms with Crippen molar-refractivity contribution in [2.24, 2.45) is 5.92 Å². The number of rotatable bonds is 7. The van der Waals surface area contributed by atoms with Crippen LogP contribution in [0.25, 0.3) is 0 Å². The number of hydrogen-bond acceptors (Lipinski definition) is 4. The number of piperidine rings is 1. The zero-order valence-corrected chi connectivity index (χ0v) is 16.3. The van der Waals surface area contributed by atoms with Crippen molar-refractivity contribution in [3.8, 4) is 0 Å². The van der Waals surface area contributed by atoms with E-state index in [-0.39, 0.29) is 23.8 Å². The van der Waals surface area contributed by atoms with E-state index in [1.807, 2.05) is 42.5 Å². The van der Waals surface area contributed by atoms with Gasteiger partial charge in [-0.1, -0.05) is 30.3 Å². The number of anilines is 1. The molecule has 0 bridgehead atoms. The minimum absolute atomic E-state index is 0.0211. The van der Waals surface area contributed by atoms with Crippen LogP contribution in [-0.4, -0.2) is 42.5 Å². The SMILES string of the molecule is CC(=O)NC(CNC(=O)C1CCN(c2ccncc2)CC1)Cc1ccccc1. The Hall–Kier alpha value is -2.89. The van der Waals surface area contributed by atoms with Gasteiger partial charge in [-0.3, -0.25) is 14.6 Å². The van der Waals surface area contributed by atoms with E-state index < -0.39 is 0 Å². The fourth-order valence-corrected chi connectivity index (χ4v) is 3.68. The maximum Gasteiger partial charge on any atom is 0.223 e. The second-order valence-corrected chi connectivity index (χ2v) is 7.30. The summed E-state index contributed by atoms with van der Waals surface area (Å²) >= 11 is 0. The number of aromatic nitrogens is 1. The predicted molar refractivity (Wildman–Crippen MR) is 110 cm³/mol. The van der Waals surface area contributed by atoms with Gasteiger partial charge in [-0.25, -0.2) is 0 Å². The minimum Gasteiger partial charge on any atom is -0.371 e. The minimum atomic E-state index is -0.110. The summed E-state index contributed by atoms with van der Waals surface area (Å²) in [5.74, 6) is 0.0198. The van der Waals surface area contributed by atoms with E-state index in [9.17, 15) is 9.59 Å². The van der Waals surface area contributed by atoms with Crippen LogP contribution in [0.5, 0.6) is 0 Å². The standard InChI is InChI=1S/C22H28N4O2/c1-17(27)25-20(15-18-5-3-2-4-6-18)16-24-22(28)19-9-13-26(14-10-19)21-7-11-23-12-8-21/h2-8,11-12,19-20H,9-10,13-16H2,1H3,(H,24,28)(H,25,27). The first-order valence-electron chi connectivity index (χ1n) is 9.85. The fraction of sp³-hybridized carbons (Fsp3) is 0.409. The molecule has 1 aliphatic rings. The first kappa shape index (κ1) is 19.9. The lowest BCUT2D eigenvalue weighted by molar-refractivity contribution is -0.126. The number of hydrogen-bond donors (Lipinski definition) is 2. The van der Waals surface area contributed by atoms with Gasteiger partial charge in [0.25, 0.3) is 0 Å². The van der Waals surface area contributed by atoms with Crippen molar-refractivity contribution in [2.75, 3.05) is 24.5 Å². The van der Waals surface area contributed by atoms with Crippen LogP contribution < -0.4 is 15.5 Å². The third-order valence-electron chi connectivity index (χ3n) is 5.15. The van der Waals surface area contributed by atoms with Crippen LogP contribution in [0.4, 0.5) is 5.69 Å². The molecule has 1 aromatic heterocycles. The van der Waals surface area contributed by atoms with Crippen LogP contribution in [0.1, 0.15) is 25.3 Å². The highest BCUT2D eigenvalue weighted by molar-refractivity contribution is 5.79. The van der Waals surface area contributed by atoms with Gasteiger partial charge in [-0.05, 0) is 37.0 Å². The van der Waals surface area contributed by atoms with E-state index in [0.717, 1.165) is 37.2 Å². The number of benzene rings is 1. The van der Waals surface area contributed by atoms with Gasteiger partial charge in [0.2, 0.25) is 11.8 Å². The Bertz CT molecular complexity index is 759. The molecule has 28 heavy (non-hydrogen) atoms. The molecule has 0 spiro atoms. The first-order valence-corrected chi connectivity index (χ1v) is 9.85. The molecule has 0 radical (unpaired) electrons. The molecule has 148 valence electrons. The predicted octanol–water partition coefficient (Wildman–Crippen LogP) is 2.16. The van der Waals surface area contributed by atoms with Crippen LogP contribution in [-0.2, 0) is 16.0 Å². The largest absolute Gasteiger partial charge is 0.371 e. The lowest BCUT2D eigenvalue weighted by Crippen LogP contribution is -2.47. The highest BCUT2D eigenvalue weighted by Gasteiger charge is 2.25. The van der Waals surface area contributed by atoms with Crippen molar-refractivity contribution in [3.63, 3.8) is 0 Å². The molecule has 0 aliphatic carbocycles. The molecule has 1 unspecified atom stereocenters. The lowest BCUT2D eigenvalue weighted by atomic mass is 9.95. The maximum absolute atomic E-state index is 12.6. The summed E-state index contributed by atoms with van der Waals surface area (Å²) in [4.78, 5) is 30.5. The van der Waals surface area contributed by atoms with E-state index in [0.29, 0.717) is 13.0 Å². The van der Waals surface area contributed by atoms with E-state index in [4.69, 9.17) is 0 Å². The van der Waals surface area contributed by atoms with Crippen molar-refractivity contribution < 1.29 is 9.59 Å².